The van der Waals surface area contributed by atoms with E-state index in [0.29, 0.717) is 5.76 Å². The van der Waals surface area contributed by atoms with Gasteiger partial charge in [0.2, 0.25) is 11.2 Å². The Hall–Kier alpha value is -1.84. The minimum atomic E-state index is -0.472. The molecule has 0 aliphatic carbocycles. The monoisotopic (exact) mass is 222 g/mol. The smallest absolute Gasteiger partial charge is 0.318 e. The molecule has 86 valence electrons. The van der Waals surface area contributed by atoms with Gasteiger partial charge in [0.15, 0.2) is 0 Å². The van der Waals surface area contributed by atoms with E-state index >= 15 is 0 Å². The van der Waals surface area contributed by atoms with Crippen LogP contribution in [-0.4, -0.2) is 5.97 Å². The molecule has 1 rings (SSSR count). The largest absolute Gasteiger partial charge is 0.465 e. The molecule has 1 atom stereocenters. The summed E-state index contributed by atoms with van der Waals surface area (Å²) in [7, 11) is 0. The number of hydrogen-bond acceptors (Lipinski definition) is 4. The summed E-state index contributed by atoms with van der Waals surface area (Å²) in [6.07, 6.45) is 4.72. The number of rotatable bonds is 3. The third kappa shape index (κ3) is 2.82. The van der Waals surface area contributed by atoms with Crippen molar-refractivity contribution in [1.82, 2.24) is 0 Å². The maximum absolute atomic E-state index is 11.6. The molecular weight excluding hydrogens is 208 g/mol. The Morgan fingerprint density at radius 1 is 1.56 bits per heavy atom. The highest BCUT2D eigenvalue weighted by atomic mass is 16.5. The van der Waals surface area contributed by atoms with Gasteiger partial charge < -0.3 is 9.15 Å². The zero-order valence-electron chi connectivity index (χ0n) is 9.52. The fourth-order valence-corrected chi connectivity index (χ4v) is 1.18. The van der Waals surface area contributed by atoms with Gasteiger partial charge in [-0.3, -0.25) is 9.59 Å². The van der Waals surface area contributed by atoms with E-state index in [4.69, 9.17) is 9.15 Å². The van der Waals surface area contributed by atoms with E-state index in [1.807, 2.05) is 6.92 Å². The molecule has 0 amide bonds. The first kappa shape index (κ1) is 12.2. The molecule has 1 unspecified atom stereocenters. The third-order valence-corrected chi connectivity index (χ3v) is 2.06. The van der Waals surface area contributed by atoms with Crippen molar-refractivity contribution < 1.29 is 13.9 Å². The summed E-state index contributed by atoms with van der Waals surface area (Å²) < 4.78 is 9.98. The first-order chi connectivity index (χ1) is 7.56. The van der Waals surface area contributed by atoms with Crippen molar-refractivity contribution in [2.75, 3.05) is 0 Å². The number of carbonyl (C=O) groups excluding carboxylic acids is 1. The van der Waals surface area contributed by atoms with Gasteiger partial charge in [-0.05, 0) is 20.8 Å². The predicted molar refractivity (Wildman–Crippen MR) is 59.3 cm³/mol. The minimum absolute atomic E-state index is 0.0381. The molecule has 4 nitrogen and oxygen atoms in total. The minimum Gasteiger partial charge on any atom is -0.465 e. The Bertz CT molecular complexity index is 456. The van der Waals surface area contributed by atoms with Gasteiger partial charge in [0.1, 0.15) is 5.76 Å². The molecule has 1 aromatic heterocycles. The van der Waals surface area contributed by atoms with Crippen LogP contribution >= 0.6 is 0 Å². The molecule has 0 bridgehead atoms. The lowest BCUT2D eigenvalue weighted by Crippen LogP contribution is -2.20. The summed E-state index contributed by atoms with van der Waals surface area (Å²) in [5.74, 6) is -0.596. The molecule has 0 N–H and O–H groups in total. The van der Waals surface area contributed by atoms with Crippen molar-refractivity contribution in [3.05, 3.63) is 40.5 Å². The Morgan fingerprint density at radius 2 is 2.25 bits per heavy atom. The van der Waals surface area contributed by atoms with Crippen LogP contribution in [0.2, 0.25) is 0 Å². The standard InChI is InChI=1S/C12H14O4/c1-4-5-8(2)12(14)16-11-9(3)15-7-6-10(11)13/h4-8H,1-3H3/b5-4-. The number of esters is 1. The van der Waals surface area contributed by atoms with E-state index < -0.39 is 5.97 Å². The first-order valence-corrected chi connectivity index (χ1v) is 4.99. The second kappa shape index (κ2) is 5.30. The second-order valence-electron chi connectivity index (χ2n) is 3.41. The van der Waals surface area contributed by atoms with Crippen LogP contribution in [0.25, 0.3) is 0 Å². The van der Waals surface area contributed by atoms with E-state index in [9.17, 15) is 9.59 Å². The van der Waals surface area contributed by atoms with Crippen molar-refractivity contribution in [1.29, 1.82) is 0 Å². The molecule has 0 saturated heterocycles. The molecule has 4 heteroatoms. The van der Waals surface area contributed by atoms with Gasteiger partial charge in [-0.15, -0.1) is 0 Å². The zero-order valence-corrected chi connectivity index (χ0v) is 9.52. The summed E-state index contributed by atoms with van der Waals surface area (Å²) in [4.78, 5) is 23.0. The highest BCUT2D eigenvalue weighted by Crippen LogP contribution is 2.13. The van der Waals surface area contributed by atoms with Gasteiger partial charge >= 0.3 is 5.97 Å². The summed E-state index contributed by atoms with van der Waals surface area (Å²) in [6, 6.07) is 1.22. The predicted octanol–water partition coefficient (Wildman–Crippen LogP) is 2.07. The fraction of sp³-hybridized carbons (Fsp3) is 0.333. The molecule has 16 heavy (non-hydrogen) atoms. The van der Waals surface area contributed by atoms with Crippen molar-refractivity contribution in [2.45, 2.75) is 20.8 Å². The van der Waals surface area contributed by atoms with Gasteiger partial charge in [-0.25, -0.2) is 0 Å². The van der Waals surface area contributed by atoms with E-state index in [0.717, 1.165) is 0 Å². The molecule has 0 aromatic carbocycles. The molecule has 0 fully saturated rings. The van der Waals surface area contributed by atoms with Crippen LogP contribution in [0.5, 0.6) is 5.75 Å². The Balaban J connectivity index is 2.89. The number of allylic oxidation sites excluding steroid dienone is 1. The maximum Gasteiger partial charge on any atom is 0.318 e. The normalized spacial score (nSPS) is 12.7. The maximum atomic E-state index is 11.6. The van der Waals surface area contributed by atoms with Crippen molar-refractivity contribution >= 4 is 5.97 Å². The van der Waals surface area contributed by atoms with Crippen molar-refractivity contribution in [2.24, 2.45) is 5.92 Å². The molecule has 0 spiro atoms. The van der Waals surface area contributed by atoms with Crippen molar-refractivity contribution in [3.63, 3.8) is 0 Å². The number of hydrogen-bond donors (Lipinski definition) is 0. The third-order valence-electron chi connectivity index (χ3n) is 2.06. The molecule has 0 radical (unpaired) electrons. The number of carbonyl (C=O) groups is 1. The first-order valence-electron chi connectivity index (χ1n) is 4.99. The lowest BCUT2D eigenvalue weighted by molar-refractivity contribution is -0.137. The topological polar surface area (TPSA) is 56.5 Å². The van der Waals surface area contributed by atoms with Gasteiger partial charge in [-0.2, -0.15) is 0 Å². The Kier molecular flexibility index (Phi) is 4.05. The van der Waals surface area contributed by atoms with Crippen LogP contribution in [-0.2, 0) is 4.79 Å². The molecule has 0 aliphatic heterocycles. The summed E-state index contributed by atoms with van der Waals surface area (Å²) >= 11 is 0. The van der Waals surface area contributed by atoms with E-state index in [1.54, 1.807) is 26.0 Å². The van der Waals surface area contributed by atoms with Crippen LogP contribution < -0.4 is 10.2 Å². The molecular formula is C12H14O4. The highest BCUT2D eigenvalue weighted by molar-refractivity contribution is 5.76. The molecule has 0 aliphatic rings. The quantitative estimate of drug-likeness (QED) is 0.580. The number of aryl methyl sites for hydroxylation is 1. The highest BCUT2D eigenvalue weighted by Gasteiger charge is 2.16. The molecule has 0 saturated carbocycles. The second-order valence-corrected chi connectivity index (χ2v) is 3.41. The van der Waals surface area contributed by atoms with Gasteiger partial charge in [0, 0.05) is 6.07 Å². The molecule has 1 aromatic rings. The van der Waals surface area contributed by atoms with Crippen LogP contribution in [0.1, 0.15) is 19.6 Å². The van der Waals surface area contributed by atoms with Crippen LogP contribution in [0.4, 0.5) is 0 Å². The van der Waals surface area contributed by atoms with Crippen LogP contribution in [0, 0.1) is 12.8 Å². The van der Waals surface area contributed by atoms with Gasteiger partial charge in [-0.1, -0.05) is 12.2 Å². The average molecular weight is 222 g/mol. The Morgan fingerprint density at radius 3 is 2.81 bits per heavy atom. The zero-order chi connectivity index (χ0) is 12.1. The van der Waals surface area contributed by atoms with Crippen LogP contribution in [0.3, 0.4) is 0 Å². The van der Waals surface area contributed by atoms with Crippen molar-refractivity contribution in [3.8, 4) is 5.75 Å². The fourth-order valence-electron chi connectivity index (χ4n) is 1.18. The Labute approximate surface area is 93.5 Å². The average Bonchev–Trinajstić information content (AvgIpc) is 2.23. The van der Waals surface area contributed by atoms with E-state index in [2.05, 4.69) is 0 Å². The van der Waals surface area contributed by atoms with Gasteiger partial charge in [0.25, 0.3) is 0 Å². The molecule has 1 heterocycles. The van der Waals surface area contributed by atoms with Crippen LogP contribution in [0.15, 0.2) is 33.7 Å². The SMILES string of the molecule is C/C=C\C(C)C(=O)Oc1c(C)occc1=O. The lowest BCUT2D eigenvalue weighted by Gasteiger charge is -2.07. The number of ether oxygens (including phenoxy) is 1. The van der Waals surface area contributed by atoms with E-state index in [-0.39, 0.29) is 17.1 Å². The summed E-state index contributed by atoms with van der Waals surface area (Å²) in [5, 5.41) is 0. The summed E-state index contributed by atoms with van der Waals surface area (Å²) in [6.45, 7) is 5.08. The lowest BCUT2D eigenvalue weighted by atomic mass is 10.2. The van der Waals surface area contributed by atoms with E-state index in [1.165, 1.54) is 12.3 Å². The summed E-state index contributed by atoms with van der Waals surface area (Å²) in [5.41, 5.74) is -0.357. The van der Waals surface area contributed by atoms with Gasteiger partial charge in [0.05, 0.1) is 12.2 Å².